The number of para-hydroxylation sites is 1. The number of fused-ring (bicyclic) bond motifs is 1. The maximum Gasteiger partial charge on any atom is 0.266 e. The molecule has 2 fully saturated rings. The van der Waals surface area contributed by atoms with Gasteiger partial charge >= 0.3 is 0 Å². The van der Waals surface area contributed by atoms with E-state index in [0.29, 0.717) is 10.7 Å². The van der Waals surface area contributed by atoms with Crippen LogP contribution in [-0.4, -0.2) is 23.0 Å². The fourth-order valence-corrected chi connectivity index (χ4v) is 4.19. The molecule has 0 spiro atoms. The van der Waals surface area contributed by atoms with Crippen LogP contribution in [0.5, 0.6) is 5.75 Å². The van der Waals surface area contributed by atoms with E-state index in [0.717, 1.165) is 11.3 Å². The van der Waals surface area contributed by atoms with Crippen molar-refractivity contribution >= 4 is 34.8 Å². The zero-order valence-corrected chi connectivity index (χ0v) is 16.4. The molecule has 3 aromatic rings. The molecule has 0 aromatic heterocycles. The molecule has 0 bridgehead atoms. The van der Waals surface area contributed by atoms with Crippen molar-refractivity contribution in [3.8, 4) is 5.75 Å². The predicted octanol–water partition coefficient (Wildman–Crippen LogP) is 4.10. The van der Waals surface area contributed by atoms with E-state index in [-0.39, 0.29) is 11.7 Å². The molecule has 0 aliphatic carbocycles. The Bertz CT molecular complexity index is 1100. The number of carbonyl (C=O) groups excluding carboxylic acids is 2. The molecule has 1 N–H and O–H groups in total. The molecule has 30 heavy (non-hydrogen) atoms. The first-order valence-corrected chi connectivity index (χ1v) is 9.86. The minimum absolute atomic E-state index is 0.122. The molecular weight excluding hydrogens is 404 g/mol. The van der Waals surface area contributed by atoms with E-state index in [1.807, 2.05) is 30.3 Å². The summed E-state index contributed by atoms with van der Waals surface area (Å²) < 4.78 is 0. The number of nitrogens with zero attached hydrogens (tertiary/aromatic N) is 2. The average molecular weight is 421 g/mol. The predicted molar refractivity (Wildman–Crippen MR) is 112 cm³/mol. The topological polar surface area (TPSA) is 70.1 Å². The second-order valence-electron chi connectivity index (χ2n) is 7.24. The van der Waals surface area contributed by atoms with Crippen LogP contribution in [0.4, 0.5) is 11.4 Å². The fraction of sp³-hybridized carbons (Fsp3) is 0.130. The van der Waals surface area contributed by atoms with Crippen LogP contribution in [0, 0.1) is 5.92 Å². The SMILES string of the molecule is O=C1[C@H]2[C@@H](c3ccc(O)cc3)N(c3ccccc3)O[C@H]2C(=O)N1c1ccc(Cl)cc1. The lowest BCUT2D eigenvalue weighted by molar-refractivity contribution is -0.126. The Morgan fingerprint density at radius 2 is 1.47 bits per heavy atom. The molecule has 5 rings (SSSR count). The van der Waals surface area contributed by atoms with Crippen LogP contribution in [0.25, 0.3) is 0 Å². The van der Waals surface area contributed by atoms with Gasteiger partial charge in [0.1, 0.15) is 11.7 Å². The van der Waals surface area contributed by atoms with Gasteiger partial charge in [-0.15, -0.1) is 0 Å². The van der Waals surface area contributed by atoms with Gasteiger partial charge in [-0.05, 0) is 54.1 Å². The molecule has 6 nitrogen and oxygen atoms in total. The molecule has 2 aliphatic heterocycles. The Morgan fingerprint density at radius 1 is 0.800 bits per heavy atom. The van der Waals surface area contributed by atoms with Crippen LogP contribution in [0.15, 0.2) is 78.9 Å². The van der Waals surface area contributed by atoms with E-state index >= 15 is 0 Å². The Balaban J connectivity index is 1.58. The molecule has 7 heteroatoms. The highest BCUT2D eigenvalue weighted by Gasteiger charge is 2.60. The lowest BCUT2D eigenvalue weighted by Crippen LogP contribution is -2.37. The van der Waals surface area contributed by atoms with Gasteiger partial charge in [-0.2, -0.15) is 0 Å². The Hall–Kier alpha value is -3.35. The number of hydrogen-bond donors (Lipinski definition) is 1. The van der Waals surface area contributed by atoms with E-state index in [1.54, 1.807) is 53.6 Å². The lowest BCUT2D eigenvalue weighted by atomic mass is 9.90. The summed E-state index contributed by atoms with van der Waals surface area (Å²) in [6, 6.07) is 22.0. The van der Waals surface area contributed by atoms with Crippen molar-refractivity contribution in [3.63, 3.8) is 0 Å². The van der Waals surface area contributed by atoms with Gasteiger partial charge in [0, 0.05) is 5.02 Å². The summed E-state index contributed by atoms with van der Waals surface area (Å²) in [6.07, 6.45) is -0.938. The lowest BCUT2D eigenvalue weighted by Gasteiger charge is -2.28. The zero-order chi connectivity index (χ0) is 20.8. The van der Waals surface area contributed by atoms with Gasteiger partial charge in [0.2, 0.25) is 5.91 Å². The maximum absolute atomic E-state index is 13.4. The van der Waals surface area contributed by atoms with Gasteiger partial charge in [-0.25, -0.2) is 9.96 Å². The molecular formula is C23H17ClN2O4. The number of aromatic hydroxyl groups is 1. The molecule has 0 radical (unpaired) electrons. The fourth-order valence-electron chi connectivity index (χ4n) is 4.07. The molecule has 2 amide bonds. The van der Waals surface area contributed by atoms with Crippen molar-refractivity contribution in [1.82, 2.24) is 0 Å². The standard InChI is InChI=1S/C23H17ClN2O4/c24-15-8-10-16(11-9-15)25-22(28)19-20(14-6-12-18(27)13-7-14)26(30-21(19)23(25)29)17-4-2-1-3-5-17/h1-13,19-21,27H/t19-,20+,21+/m0/s1. The molecule has 0 unspecified atom stereocenters. The number of hydrogen-bond acceptors (Lipinski definition) is 5. The first-order valence-electron chi connectivity index (χ1n) is 9.48. The van der Waals surface area contributed by atoms with Crippen LogP contribution >= 0.6 is 11.6 Å². The van der Waals surface area contributed by atoms with E-state index in [4.69, 9.17) is 16.4 Å². The second kappa shape index (κ2) is 7.16. The van der Waals surface area contributed by atoms with Crippen LogP contribution in [0.2, 0.25) is 5.02 Å². The highest BCUT2D eigenvalue weighted by Crippen LogP contribution is 2.47. The van der Waals surface area contributed by atoms with Gasteiger partial charge in [0.15, 0.2) is 6.10 Å². The third kappa shape index (κ3) is 2.93. The number of benzene rings is 3. The summed E-state index contributed by atoms with van der Waals surface area (Å²) in [6.45, 7) is 0. The summed E-state index contributed by atoms with van der Waals surface area (Å²) >= 11 is 5.95. The monoisotopic (exact) mass is 420 g/mol. The number of hydroxylamine groups is 1. The first kappa shape index (κ1) is 18.7. The molecule has 2 aliphatic rings. The third-order valence-electron chi connectivity index (χ3n) is 5.45. The summed E-state index contributed by atoms with van der Waals surface area (Å²) in [5, 5.41) is 11.8. The molecule has 2 saturated heterocycles. The van der Waals surface area contributed by atoms with Gasteiger partial charge in [-0.1, -0.05) is 41.9 Å². The van der Waals surface area contributed by atoms with Crippen molar-refractivity contribution < 1.29 is 19.5 Å². The highest BCUT2D eigenvalue weighted by atomic mass is 35.5. The zero-order valence-electron chi connectivity index (χ0n) is 15.7. The number of carbonyl (C=O) groups is 2. The molecule has 3 aromatic carbocycles. The number of amides is 2. The number of halogens is 1. The minimum atomic E-state index is -0.938. The Labute approximate surface area is 177 Å². The van der Waals surface area contributed by atoms with Gasteiger partial charge < -0.3 is 5.11 Å². The van der Waals surface area contributed by atoms with Crippen LogP contribution in [0.3, 0.4) is 0 Å². The largest absolute Gasteiger partial charge is 0.508 e. The van der Waals surface area contributed by atoms with Crippen LogP contribution in [0.1, 0.15) is 11.6 Å². The number of rotatable bonds is 3. The van der Waals surface area contributed by atoms with Gasteiger partial charge in [0.25, 0.3) is 5.91 Å². The molecule has 150 valence electrons. The molecule has 2 heterocycles. The van der Waals surface area contributed by atoms with Crippen LogP contribution in [-0.2, 0) is 14.4 Å². The Kier molecular flexibility index (Phi) is 4.46. The molecule has 0 saturated carbocycles. The minimum Gasteiger partial charge on any atom is -0.508 e. The van der Waals surface area contributed by atoms with E-state index in [9.17, 15) is 14.7 Å². The summed E-state index contributed by atoms with van der Waals surface area (Å²) in [5.74, 6) is -1.34. The number of phenols is 1. The smallest absolute Gasteiger partial charge is 0.266 e. The normalized spacial score (nSPS) is 23.2. The highest BCUT2D eigenvalue weighted by molar-refractivity contribution is 6.31. The van der Waals surface area contributed by atoms with Crippen molar-refractivity contribution in [1.29, 1.82) is 0 Å². The quantitative estimate of drug-likeness (QED) is 0.646. The number of imide groups is 1. The van der Waals surface area contributed by atoms with Crippen LogP contribution < -0.4 is 9.96 Å². The summed E-state index contributed by atoms with van der Waals surface area (Å²) in [7, 11) is 0. The van der Waals surface area contributed by atoms with E-state index in [2.05, 4.69) is 0 Å². The second-order valence-corrected chi connectivity index (χ2v) is 7.67. The third-order valence-corrected chi connectivity index (χ3v) is 5.70. The molecule has 3 atom stereocenters. The van der Waals surface area contributed by atoms with Crippen molar-refractivity contribution in [2.75, 3.05) is 9.96 Å². The Morgan fingerprint density at radius 3 is 2.13 bits per heavy atom. The van der Waals surface area contributed by atoms with Crippen molar-refractivity contribution in [2.45, 2.75) is 12.1 Å². The maximum atomic E-state index is 13.4. The van der Waals surface area contributed by atoms with E-state index in [1.165, 1.54) is 4.90 Å². The average Bonchev–Trinajstić information content (AvgIpc) is 3.27. The summed E-state index contributed by atoms with van der Waals surface area (Å²) in [4.78, 5) is 33.8. The summed E-state index contributed by atoms with van der Waals surface area (Å²) in [5.41, 5.74) is 1.97. The van der Waals surface area contributed by atoms with Crippen molar-refractivity contribution in [3.05, 3.63) is 89.4 Å². The first-order chi connectivity index (χ1) is 14.5. The van der Waals surface area contributed by atoms with Gasteiger partial charge in [0.05, 0.1) is 17.4 Å². The van der Waals surface area contributed by atoms with Crippen molar-refractivity contribution in [2.24, 2.45) is 5.92 Å². The number of anilines is 2. The van der Waals surface area contributed by atoms with E-state index < -0.39 is 24.0 Å². The number of phenolic OH excluding ortho intramolecular Hbond substituents is 1. The van der Waals surface area contributed by atoms with Gasteiger partial charge in [-0.3, -0.25) is 14.4 Å².